The van der Waals surface area contributed by atoms with Gasteiger partial charge in [-0.25, -0.2) is 12.7 Å². The Morgan fingerprint density at radius 2 is 2.00 bits per heavy atom. The molecule has 106 valence electrons. The van der Waals surface area contributed by atoms with Gasteiger partial charge >= 0.3 is 0 Å². The summed E-state index contributed by atoms with van der Waals surface area (Å²) in [5.41, 5.74) is 0. The summed E-state index contributed by atoms with van der Waals surface area (Å²) in [4.78, 5) is 13.8. The average molecular weight is 302 g/mol. The molecule has 5 nitrogen and oxygen atoms in total. The normalized spacial score (nSPS) is 18.4. The van der Waals surface area contributed by atoms with Gasteiger partial charge in [0.1, 0.15) is 0 Å². The number of hydrogen-bond acceptors (Lipinski definition) is 4. The molecule has 0 atom stereocenters. The molecule has 19 heavy (non-hydrogen) atoms. The van der Waals surface area contributed by atoms with Crippen molar-refractivity contribution in [3.8, 4) is 0 Å². The standard InChI is InChI=1S/C12H18N2O3S2/c1-9-3-4-11(18-9)12(15)13-10-5-7-14(8-6-10)19(2,16)17/h3-4,10H,5-8H2,1-2H3,(H,13,15). The number of hydrogen-bond donors (Lipinski definition) is 1. The third kappa shape index (κ3) is 3.77. The van der Waals surface area contributed by atoms with Gasteiger partial charge in [-0.3, -0.25) is 4.79 Å². The molecule has 1 aliphatic heterocycles. The first-order valence-corrected chi connectivity index (χ1v) is 8.85. The number of thiophene rings is 1. The number of sulfonamides is 1. The highest BCUT2D eigenvalue weighted by Crippen LogP contribution is 2.17. The topological polar surface area (TPSA) is 66.5 Å². The molecule has 2 heterocycles. The van der Waals surface area contributed by atoms with Crippen LogP contribution in [0, 0.1) is 6.92 Å². The molecule has 0 radical (unpaired) electrons. The fraction of sp³-hybridized carbons (Fsp3) is 0.583. The fourth-order valence-electron chi connectivity index (χ4n) is 2.14. The first-order chi connectivity index (χ1) is 8.86. The zero-order valence-corrected chi connectivity index (χ0v) is 12.7. The summed E-state index contributed by atoms with van der Waals surface area (Å²) in [5, 5.41) is 2.97. The Morgan fingerprint density at radius 3 is 2.47 bits per heavy atom. The minimum absolute atomic E-state index is 0.0593. The summed E-state index contributed by atoms with van der Waals surface area (Å²) in [5.74, 6) is -0.0593. The molecule has 1 amide bonds. The van der Waals surface area contributed by atoms with Crippen LogP contribution in [0.15, 0.2) is 12.1 Å². The maximum atomic E-state index is 12.0. The predicted octanol–water partition coefficient (Wildman–Crippen LogP) is 1.21. The second-order valence-corrected chi connectivity index (χ2v) is 8.09. The van der Waals surface area contributed by atoms with E-state index in [1.54, 1.807) is 0 Å². The van der Waals surface area contributed by atoms with Crippen molar-refractivity contribution in [1.82, 2.24) is 9.62 Å². The van der Waals surface area contributed by atoms with Gasteiger partial charge in [0.25, 0.3) is 5.91 Å². The van der Waals surface area contributed by atoms with Gasteiger partial charge in [0.15, 0.2) is 0 Å². The van der Waals surface area contributed by atoms with Gasteiger partial charge in [-0.1, -0.05) is 0 Å². The van der Waals surface area contributed by atoms with E-state index in [9.17, 15) is 13.2 Å². The molecule has 1 aromatic heterocycles. The van der Waals surface area contributed by atoms with Gasteiger partial charge in [-0.2, -0.15) is 0 Å². The number of nitrogens with zero attached hydrogens (tertiary/aromatic N) is 1. The lowest BCUT2D eigenvalue weighted by molar-refractivity contribution is 0.0928. The van der Waals surface area contributed by atoms with Crippen molar-refractivity contribution in [2.24, 2.45) is 0 Å². The van der Waals surface area contributed by atoms with Crippen molar-refractivity contribution in [2.75, 3.05) is 19.3 Å². The third-order valence-corrected chi connectivity index (χ3v) is 5.52. The lowest BCUT2D eigenvalue weighted by Gasteiger charge is -2.30. The molecule has 7 heteroatoms. The molecular weight excluding hydrogens is 284 g/mol. The van der Waals surface area contributed by atoms with E-state index in [4.69, 9.17) is 0 Å². The highest BCUT2D eigenvalue weighted by atomic mass is 32.2. The second kappa shape index (κ2) is 5.60. The van der Waals surface area contributed by atoms with Crippen LogP contribution in [0.25, 0.3) is 0 Å². The lowest BCUT2D eigenvalue weighted by Crippen LogP contribution is -2.46. The molecule has 0 aromatic carbocycles. The Balaban J connectivity index is 1.88. The average Bonchev–Trinajstić information content (AvgIpc) is 2.75. The zero-order valence-electron chi connectivity index (χ0n) is 11.0. The van der Waals surface area contributed by atoms with Crippen LogP contribution < -0.4 is 5.32 Å². The molecule has 1 saturated heterocycles. The van der Waals surface area contributed by atoms with E-state index in [1.807, 2.05) is 19.1 Å². The van der Waals surface area contributed by atoms with E-state index in [2.05, 4.69) is 5.32 Å². The number of carbonyl (C=O) groups excluding carboxylic acids is 1. The van der Waals surface area contributed by atoms with Gasteiger partial charge in [0.05, 0.1) is 11.1 Å². The molecule has 1 N–H and O–H groups in total. The van der Waals surface area contributed by atoms with Crippen LogP contribution in [0.4, 0.5) is 0 Å². The van der Waals surface area contributed by atoms with Crippen molar-refractivity contribution in [3.05, 3.63) is 21.9 Å². The van der Waals surface area contributed by atoms with Crippen LogP contribution in [-0.2, 0) is 10.0 Å². The summed E-state index contributed by atoms with van der Waals surface area (Å²) < 4.78 is 24.2. The SMILES string of the molecule is Cc1ccc(C(=O)NC2CCN(S(C)(=O)=O)CC2)s1. The molecule has 0 saturated carbocycles. The highest BCUT2D eigenvalue weighted by molar-refractivity contribution is 7.88. The van der Waals surface area contributed by atoms with E-state index in [0.29, 0.717) is 30.8 Å². The van der Waals surface area contributed by atoms with E-state index < -0.39 is 10.0 Å². The first kappa shape index (κ1) is 14.5. The largest absolute Gasteiger partial charge is 0.349 e. The van der Waals surface area contributed by atoms with E-state index in [1.165, 1.54) is 21.9 Å². The number of piperidine rings is 1. The Kier molecular flexibility index (Phi) is 4.27. The van der Waals surface area contributed by atoms with Gasteiger partial charge in [-0.05, 0) is 31.9 Å². The Hall–Kier alpha value is -0.920. The van der Waals surface area contributed by atoms with Gasteiger partial charge in [0, 0.05) is 24.0 Å². The Morgan fingerprint density at radius 1 is 1.37 bits per heavy atom. The van der Waals surface area contributed by atoms with Crippen molar-refractivity contribution in [1.29, 1.82) is 0 Å². The van der Waals surface area contributed by atoms with Gasteiger partial charge in [0.2, 0.25) is 10.0 Å². The molecule has 1 aliphatic rings. The molecular formula is C12H18N2O3S2. The molecule has 0 bridgehead atoms. The Labute approximate surface area is 117 Å². The quantitative estimate of drug-likeness (QED) is 0.912. The highest BCUT2D eigenvalue weighted by Gasteiger charge is 2.26. The van der Waals surface area contributed by atoms with Crippen molar-refractivity contribution < 1.29 is 13.2 Å². The monoisotopic (exact) mass is 302 g/mol. The van der Waals surface area contributed by atoms with Crippen molar-refractivity contribution in [3.63, 3.8) is 0 Å². The maximum absolute atomic E-state index is 12.0. The fourth-order valence-corrected chi connectivity index (χ4v) is 3.79. The molecule has 2 rings (SSSR count). The number of carbonyl (C=O) groups is 1. The van der Waals surface area contributed by atoms with E-state index in [-0.39, 0.29) is 11.9 Å². The molecule has 1 aromatic rings. The van der Waals surface area contributed by atoms with E-state index in [0.717, 1.165) is 4.88 Å². The van der Waals surface area contributed by atoms with Crippen molar-refractivity contribution in [2.45, 2.75) is 25.8 Å². The number of amides is 1. The summed E-state index contributed by atoms with van der Waals surface area (Å²) in [7, 11) is -3.10. The first-order valence-electron chi connectivity index (χ1n) is 6.18. The van der Waals surface area contributed by atoms with Crippen molar-refractivity contribution >= 4 is 27.3 Å². The van der Waals surface area contributed by atoms with Crippen LogP contribution in [0.3, 0.4) is 0 Å². The zero-order chi connectivity index (χ0) is 14.0. The number of nitrogens with one attached hydrogen (secondary N) is 1. The third-order valence-electron chi connectivity index (χ3n) is 3.22. The van der Waals surface area contributed by atoms with Crippen LogP contribution in [0.1, 0.15) is 27.4 Å². The van der Waals surface area contributed by atoms with Crippen LogP contribution in [0.5, 0.6) is 0 Å². The smallest absolute Gasteiger partial charge is 0.261 e. The van der Waals surface area contributed by atoms with Gasteiger partial charge < -0.3 is 5.32 Å². The van der Waals surface area contributed by atoms with Gasteiger partial charge in [-0.15, -0.1) is 11.3 Å². The number of rotatable bonds is 3. The lowest BCUT2D eigenvalue weighted by atomic mass is 10.1. The Bertz CT molecular complexity index is 557. The molecule has 1 fully saturated rings. The summed E-state index contributed by atoms with van der Waals surface area (Å²) in [6, 6.07) is 3.81. The minimum Gasteiger partial charge on any atom is -0.349 e. The summed E-state index contributed by atoms with van der Waals surface area (Å²) >= 11 is 1.47. The molecule has 0 aliphatic carbocycles. The van der Waals surface area contributed by atoms with Crippen LogP contribution >= 0.6 is 11.3 Å². The molecule has 0 spiro atoms. The van der Waals surface area contributed by atoms with Crippen LogP contribution in [0.2, 0.25) is 0 Å². The summed E-state index contributed by atoms with van der Waals surface area (Å²) in [6.07, 6.45) is 2.56. The summed E-state index contributed by atoms with van der Waals surface area (Å²) in [6.45, 7) is 2.92. The number of aryl methyl sites for hydroxylation is 1. The second-order valence-electron chi connectivity index (χ2n) is 4.82. The van der Waals surface area contributed by atoms with E-state index >= 15 is 0 Å². The molecule has 0 unspecified atom stereocenters. The minimum atomic E-state index is -3.10. The maximum Gasteiger partial charge on any atom is 0.261 e. The predicted molar refractivity (Wildman–Crippen MR) is 76.0 cm³/mol. The van der Waals surface area contributed by atoms with Crippen LogP contribution in [-0.4, -0.2) is 44.0 Å².